The summed E-state index contributed by atoms with van der Waals surface area (Å²) in [5, 5.41) is 9.93. The van der Waals surface area contributed by atoms with Crippen LogP contribution in [0.3, 0.4) is 0 Å². The first kappa shape index (κ1) is 18.4. The smallest absolute Gasteiger partial charge is 0.227 e. The van der Waals surface area contributed by atoms with E-state index in [-0.39, 0.29) is 5.91 Å². The predicted octanol–water partition coefficient (Wildman–Crippen LogP) is 1.26. The zero-order chi connectivity index (χ0) is 17.6. The maximum atomic E-state index is 12.6. The molecule has 1 aliphatic carbocycles. The van der Waals surface area contributed by atoms with Crippen molar-refractivity contribution >= 4 is 5.91 Å². The predicted molar refractivity (Wildman–Crippen MR) is 97.7 cm³/mol. The lowest BCUT2D eigenvalue weighted by Gasteiger charge is -2.35. The van der Waals surface area contributed by atoms with Crippen LogP contribution in [-0.4, -0.2) is 72.9 Å². The van der Waals surface area contributed by atoms with Crippen molar-refractivity contribution in [1.29, 1.82) is 0 Å². The van der Waals surface area contributed by atoms with E-state index in [1.165, 1.54) is 24.0 Å². The number of fused-ring (bicyclic) bond motifs is 1. The minimum absolute atomic E-state index is 0.215. The molecule has 138 valence electrons. The molecule has 1 N–H and O–H groups in total. The molecular formula is C20H30N2O3. The second-order valence-electron chi connectivity index (χ2n) is 7.13. The number of piperazine rings is 1. The Morgan fingerprint density at radius 1 is 1.20 bits per heavy atom. The Hall–Kier alpha value is -1.43. The Kier molecular flexibility index (Phi) is 6.45. The summed E-state index contributed by atoms with van der Waals surface area (Å²) in [6, 6.07) is 6.53. The lowest BCUT2D eigenvalue weighted by atomic mass is 10.0. The molecule has 0 bridgehead atoms. The molecule has 1 heterocycles. The zero-order valence-electron chi connectivity index (χ0n) is 15.2. The van der Waals surface area contributed by atoms with Crippen LogP contribution in [0.2, 0.25) is 0 Å². The van der Waals surface area contributed by atoms with Crippen LogP contribution in [0.4, 0.5) is 0 Å². The summed E-state index contributed by atoms with van der Waals surface area (Å²) in [6.07, 6.45) is 3.62. The molecule has 0 saturated carbocycles. The highest BCUT2D eigenvalue weighted by Crippen LogP contribution is 2.23. The van der Waals surface area contributed by atoms with Gasteiger partial charge in [-0.15, -0.1) is 0 Å². The molecule has 0 unspecified atom stereocenters. The van der Waals surface area contributed by atoms with Crippen molar-refractivity contribution in [2.24, 2.45) is 0 Å². The summed E-state index contributed by atoms with van der Waals surface area (Å²) in [4.78, 5) is 16.7. The Morgan fingerprint density at radius 3 is 2.72 bits per heavy atom. The largest absolute Gasteiger partial charge is 0.389 e. The molecule has 1 aliphatic heterocycles. The van der Waals surface area contributed by atoms with Gasteiger partial charge in [0.15, 0.2) is 0 Å². The van der Waals surface area contributed by atoms with Crippen LogP contribution >= 0.6 is 0 Å². The lowest BCUT2D eigenvalue weighted by molar-refractivity contribution is -0.132. The minimum Gasteiger partial charge on any atom is -0.389 e. The second-order valence-corrected chi connectivity index (χ2v) is 7.13. The van der Waals surface area contributed by atoms with Crippen LogP contribution in [0, 0.1) is 0 Å². The van der Waals surface area contributed by atoms with E-state index in [1.54, 1.807) is 0 Å². The maximum absolute atomic E-state index is 12.6. The third-order valence-corrected chi connectivity index (χ3v) is 5.23. The molecule has 5 nitrogen and oxygen atoms in total. The van der Waals surface area contributed by atoms with Crippen molar-refractivity contribution in [3.63, 3.8) is 0 Å². The van der Waals surface area contributed by atoms with E-state index in [1.807, 2.05) is 11.8 Å². The van der Waals surface area contributed by atoms with E-state index in [0.29, 0.717) is 26.2 Å². The maximum Gasteiger partial charge on any atom is 0.227 e. The summed E-state index contributed by atoms with van der Waals surface area (Å²) < 4.78 is 5.25. The van der Waals surface area contributed by atoms with Crippen molar-refractivity contribution in [3.8, 4) is 0 Å². The highest BCUT2D eigenvalue weighted by Gasteiger charge is 2.23. The van der Waals surface area contributed by atoms with Crippen molar-refractivity contribution in [3.05, 3.63) is 34.9 Å². The number of amides is 1. The van der Waals surface area contributed by atoms with E-state index in [0.717, 1.165) is 38.2 Å². The number of aliphatic hydroxyl groups excluding tert-OH is 1. The number of β-amino-alcohol motifs (C(OH)–C–C–N with tert-alkyl or cyclic N) is 1. The molecule has 1 aromatic carbocycles. The summed E-state index contributed by atoms with van der Waals surface area (Å²) >= 11 is 0. The van der Waals surface area contributed by atoms with Crippen LogP contribution in [0.5, 0.6) is 0 Å². The number of hydrogen-bond donors (Lipinski definition) is 1. The van der Waals surface area contributed by atoms with Gasteiger partial charge in [-0.2, -0.15) is 0 Å². The van der Waals surface area contributed by atoms with E-state index in [9.17, 15) is 9.90 Å². The third-order valence-electron chi connectivity index (χ3n) is 5.23. The van der Waals surface area contributed by atoms with Gasteiger partial charge in [0.25, 0.3) is 0 Å². The van der Waals surface area contributed by atoms with Crippen LogP contribution in [0.1, 0.15) is 30.0 Å². The van der Waals surface area contributed by atoms with Crippen molar-refractivity contribution in [1.82, 2.24) is 9.80 Å². The SMILES string of the molecule is CCOC[C@@H](O)CN1CCN(C(=O)Cc2ccc3c(c2)CCC3)CC1. The summed E-state index contributed by atoms with van der Waals surface area (Å²) in [6.45, 7) is 6.68. The standard InChI is InChI=1S/C20H30N2O3/c1-2-25-15-19(23)14-21-8-10-22(11-9-21)20(24)13-16-6-7-17-4-3-5-18(17)12-16/h6-7,12,19,23H,2-5,8-11,13-15H2,1H3/t19-/m0/s1. The van der Waals surface area contributed by atoms with E-state index < -0.39 is 6.10 Å². The number of rotatable bonds is 7. The first-order valence-electron chi connectivity index (χ1n) is 9.52. The molecule has 1 fully saturated rings. The molecule has 1 saturated heterocycles. The molecular weight excluding hydrogens is 316 g/mol. The van der Waals surface area contributed by atoms with Crippen molar-refractivity contribution in [2.75, 3.05) is 45.9 Å². The number of carbonyl (C=O) groups excluding carboxylic acids is 1. The summed E-state index contributed by atoms with van der Waals surface area (Å²) in [7, 11) is 0. The minimum atomic E-state index is -0.450. The number of benzene rings is 1. The number of carbonyl (C=O) groups is 1. The van der Waals surface area contributed by atoms with Crippen molar-refractivity contribution < 1.29 is 14.6 Å². The molecule has 0 aromatic heterocycles. The van der Waals surface area contributed by atoms with Gasteiger partial charge in [0.05, 0.1) is 19.1 Å². The number of ether oxygens (including phenoxy) is 1. The molecule has 0 spiro atoms. The average molecular weight is 346 g/mol. The van der Waals surface area contributed by atoms with Gasteiger partial charge < -0.3 is 14.7 Å². The van der Waals surface area contributed by atoms with E-state index in [4.69, 9.17) is 4.74 Å². The molecule has 0 radical (unpaired) electrons. The zero-order valence-corrected chi connectivity index (χ0v) is 15.2. The molecule has 2 aliphatic rings. The van der Waals surface area contributed by atoms with Gasteiger partial charge in [0, 0.05) is 39.3 Å². The Balaban J connectivity index is 1.44. The fraction of sp³-hybridized carbons (Fsp3) is 0.650. The van der Waals surface area contributed by atoms with Gasteiger partial charge in [-0.05, 0) is 42.9 Å². The second kappa shape index (κ2) is 8.79. The first-order chi connectivity index (χ1) is 12.2. The Bertz CT molecular complexity index is 582. The van der Waals surface area contributed by atoms with Gasteiger partial charge >= 0.3 is 0 Å². The van der Waals surface area contributed by atoms with Gasteiger partial charge in [0.2, 0.25) is 5.91 Å². The molecule has 3 rings (SSSR count). The fourth-order valence-corrected chi connectivity index (χ4v) is 3.81. The molecule has 5 heteroatoms. The molecule has 1 amide bonds. The van der Waals surface area contributed by atoms with Crippen molar-refractivity contribution in [2.45, 2.75) is 38.7 Å². The molecule has 1 aromatic rings. The highest BCUT2D eigenvalue weighted by molar-refractivity contribution is 5.79. The summed E-state index contributed by atoms with van der Waals surface area (Å²) in [5.74, 6) is 0.215. The monoisotopic (exact) mass is 346 g/mol. The normalized spacial score (nSPS) is 19.0. The molecule has 25 heavy (non-hydrogen) atoms. The van der Waals surface area contributed by atoms with Gasteiger partial charge in [-0.25, -0.2) is 0 Å². The average Bonchev–Trinajstić information content (AvgIpc) is 3.08. The van der Waals surface area contributed by atoms with E-state index >= 15 is 0 Å². The highest BCUT2D eigenvalue weighted by atomic mass is 16.5. The Labute approximate surface area is 150 Å². The van der Waals surface area contributed by atoms with Crippen LogP contribution in [0.25, 0.3) is 0 Å². The van der Waals surface area contributed by atoms with Crippen LogP contribution in [0.15, 0.2) is 18.2 Å². The Morgan fingerprint density at radius 2 is 1.96 bits per heavy atom. The van der Waals surface area contributed by atoms with Gasteiger partial charge in [0.1, 0.15) is 0 Å². The number of hydrogen-bond acceptors (Lipinski definition) is 4. The summed E-state index contributed by atoms with van der Waals surface area (Å²) in [5.41, 5.74) is 4.02. The first-order valence-corrected chi connectivity index (χ1v) is 9.52. The lowest BCUT2D eigenvalue weighted by Crippen LogP contribution is -2.51. The van der Waals surface area contributed by atoms with Crippen LogP contribution < -0.4 is 0 Å². The van der Waals surface area contributed by atoms with E-state index in [2.05, 4.69) is 23.1 Å². The number of aryl methyl sites for hydroxylation is 2. The van der Waals surface area contributed by atoms with Crippen LogP contribution in [-0.2, 0) is 28.8 Å². The fourth-order valence-electron chi connectivity index (χ4n) is 3.81. The topological polar surface area (TPSA) is 53.0 Å². The third kappa shape index (κ3) is 5.03. The van der Waals surface area contributed by atoms with Gasteiger partial charge in [-0.3, -0.25) is 9.69 Å². The molecule has 1 atom stereocenters. The number of nitrogens with zero attached hydrogens (tertiary/aromatic N) is 2. The number of aliphatic hydroxyl groups is 1. The quantitative estimate of drug-likeness (QED) is 0.808. The van der Waals surface area contributed by atoms with Gasteiger partial charge in [-0.1, -0.05) is 18.2 Å².